The van der Waals surface area contributed by atoms with Crippen LogP contribution in [-0.4, -0.2) is 36.8 Å². The summed E-state index contributed by atoms with van der Waals surface area (Å²) in [5, 5.41) is 9.76. The van der Waals surface area contributed by atoms with Crippen molar-refractivity contribution >= 4 is 28.8 Å². The number of anilines is 5. The van der Waals surface area contributed by atoms with Gasteiger partial charge in [-0.25, -0.2) is 9.37 Å². The van der Waals surface area contributed by atoms with Gasteiger partial charge in [-0.05, 0) is 49.2 Å². The summed E-state index contributed by atoms with van der Waals surface area (Å²) in [4.78, 5) is 11.6. The molecule has 3 N–H and O–H groups in total. The Hall–Kier alpha value is -3.55. The van der Waals surface area contributed by atoms with Crippen LogP contribution >= 0.6 is 0 Å². The van der Waals surface area contributed by atoms with E-state index in [-0.39, 0.29) is 5.82 Å². The zero-order valence-electron chi connectivity index (χ0n) is 19.1. The Bertz CT molecular complexity index is 1040. The number of benzene rings is 2. The van der Waals surface area contributed by atoms with E-state index in [1.165, 1.54) is 25.3 Å². The lowest BCUT2D eigenvalue weighted by molar-refractivity contribution is 0.415. The van der Waals surface area contributed by atoms with Gasteiger partial charge in [0.15, 0.2) is 5.82 Å². The Kier molecular flexibility index (Phi) is 7.44. The first-order chi connectivity index (χ1) is 16.2. The van der Waals surface area contributed by atoms with Gasteiger partial charge in [0, 0.05) is 18.8 Å². The Labute approximate surface area is 194 Å². The van der Waals surface area contributed by atoms with Gasteiger partial charge in [0.05, 0.1) is 31.4 Å². The molecule has 1 saturated carbocycles. The summed E-state index contributed by atoms with van der Waals surface area (Å²) < 4.78 is 19.5. The molecule has 0 radical (unpaired) electrons. The van der Waals surface area contributed by atoms with Crippen LogP contribution in [0.25, 0.3) is 0 Å². The van der Waals surface area contributed by atoms with E-state index >= 15 is 0 Å². The van der Waals surface area contributed by atoms with Crippen LogP contribution in [0, 0.1) is 5.82 Å². The maximum Gasteiger partial charge on any atom is 0.229 e. The average molecular weight is 451 g/mol. The van der Waals surface area contributed by atoms with E-state index in [0.29, 0.717) is 24.3 Å². The van der Waals surface area contributed by atoms with Crippen LogP contribution < -0.4 is 25.6 Å². The van der Waals surface area contributed by atoms with Gasteiger partial charge in [0.25, 0.3) is 0 Å². The summed E-state index contributed by atoms with van der Waals surface area (Å²) in [6.07, 6.45) is 7.54. The van der Waals surface area contributed by atoms with Crippen molar-refractivity contribution in [3.63, 3.8) is 0 Å². The van der Waals surface area contributed by atoms with E-state index in [1.54, 1.807) is 25.4 Å². The molecule has 0 spiro atoms. The molecule has 1 heterocycles. The molecule has 0 bridgehead atoms. The van der Waals surface area contributed by atoms with Gasteiger partial charge in [0.1, 0.15) is 11.6 Å². The number of methoxy groups -OCH3 is 1. The monoisotopic (exact) mass is 450 g/mol. The maximum absolute atomic E-state index is 14.3. The molecule has 1 fully saturated rings. The van der Waals surface area contributed by atoms with Gasteiger partial charge in [-0.1, -0.05) is 31.4 Å². The number of aromatic nitrogens is 2. The molecule has 7 nitrogen and oxygen atoms in total. The highest BCUT2D eigenvalue weighted by atomic mass is 19.1. The second-order valence-corrected chi connectivity index (χ2v) is 8.11. The third-order valence-corrected chi connectivity index (χ3v) is 5.99. The van der Waals surface area contributed by atoms with Crippen molar-refractivity contribution in [1.82, 2.24) is 9.97 Å². The quantitative estimate of drug-likeness (QED) is 0.366. The van der Waals surface area contributed by atoms with E-state index in [4.69, 9.17) is 9.72 Å². The molecule has 0 unspecified atom stereocenters. The summed E-state index contributed by atoms with van der Waals surface area (Å²) in [5.74, 6) is 1.81. The summed E-state index contributed by atoms with van der Waals surface area (Å²) in [7, 11) is 3.51. The van der Waals surface area contributed by atoms with Crippen molar-refractivity contribution in [3.05, 3.63) is 60.5 Å². The Morgan fingerprint density at radius 2 is 1.79 bits per heavy atom. The number of rotatable bonds is 9. The van der Waals surface area contributed by atoms with Crippen LogP contribution in [0.15, 0.2) is 54.7 Å². The standard InChI is InChI=1S/C25H31FN6O/c1-27-23-16-28-25(30-18-12-14-20(33-2)15-13-18)31-24(23)32(19-8-4-3-5-9-19)17-29-22-11-7-6-10-21(22)26/h6-7,10-16,19,27,29H,3-5,8-9,17H2,1-2H3,(H,28,30,31). The zero-order chi connectivity index (χ0) is 23.0. The third-order valence-electron chi connectivity index (χ3n) is 5.99. The lowest BCUT2D eigenvalue weighted by Crippen LogP contribution is -2.41. The molecule has 0 amide bonds. The zero-order valence-corrected chi connectivity index (χ0v) is 19.1. The normalized spacial score (nSPS) is 13.9. The van der Waals surface area contributed by atoms with Crippen LogP contribution in [-0.2, 0) is 0 Å². The van der Waals surface area contributed by atoms with Crippen LogP contribution in [0.5, 0.6) is 5.75 Å². The van der Waals surface area contributed by atoms with Crippen LogP contribution in [0.4, 0.5) is 33.2 Å². The minimum Gasteiger partial charge on any atom is -0.497 e. The lowest BCUT2D eigenvalue weighted by Gasteiger charge is -2.36. The number of nitrogens with zero attached hydrogens (tertiary/aromatic N) is 3. The number of nitrogens with one attached hydrogen (secondary N) is 3. The third kappa shape index (κ3) is 5.63. The Morgan fingerprint density at radius 3 is 2.48 bits per heavy atom. The highest BCUT2D eigenvalue weighted by Crippen LogP contribution is 2.32. The summed E-state index contributed by atoms with van der Waals surface area (Å²) in [6.45, 7) is 0.444. The molecule has 2 aromatic carbocycles. The molecule has 174 valence electrons. The van der Waals surface area contributed by atoms with E-state index < -0.39 is 0 Å². The number of halogens is 1. The van der Waals surface area contributed by atoms with Crippen molar-refractivity contribution in [1.29, 1.82) is 0 Å². The smallest absolute Gasteiger partial charge is 0.229 e. The molecule has 1 aromatic heterocycles. The predicted molar refractivity (Wildman–Crippen MR) is 132 cm³/mol. The summed E-state index contributed by atoms with van der Waals surface area (Å²) in [5.41, 5.74) is 2.18. The average Bonchev–Trinajstić information content (AvgIpc) is 2.86. The van der Waals surface area contributed by atoms with E-state index in [9.17, 15) is 4.39 Å². The molecule has 1 aliphatic carbocycles. The van der Waals surface area contributed by atoms with E-state index in [0.717, 1.165) is 35.8 Å². The highest BCUT2D eigenvalue weighted by Gasteiger charge is 2.25. The second kappa shape index (κ2) is 10.8. The fraction of sp³-hybridized carbons (Fsp3) is 0.360. The van der Waals surface area contributed by atoms with Crippen molar-refractivity contribution in [2.75, 3.05) is 41.7 Å². The first-order valence-corrected chi connectivity index (χ1v) is 11.4. The van der Waals surface area contributed by atoms with Crippen LogP contribution in [0.1, 0.15) is 32.1 Å². The van der Waals surface area contributed by atoms with Crippen molar-refractivity contribution in [3.8, 4) is 5.75 Å². The first-order valence-electron chi connectivity index (χ1n) is 11.4. The van der Waals surface area contributed by atoms with Crippen LogP contribution in [0.2, 0.25) is 0 Å². The molecule has 33 heavy (non-hydrogen) atoms. The first kappa shape index (κ1) is 22.6. The molecule has 4 rings (SSSR count). The number of para-hydroxylation sites is 1. The fourth-order valence-electron chi connectivity index (χ4n) is 4.18. The molecule has 8 heteroatoms. The number of hydrogen-bond donors (Lipinski definition) is 3. The van der Waals surface area contributed by atoms with Gasteiger partial charge >= 0.3 is 0 Å². The topological polar surface area (TPSA) is 74.3 Å². The van der Waals surface area contributed by atoms with E-state index in [2.05, 4.69) is 25.8 Å². The molecular formula is C25H31FN6O. The van der Waals surface area contributed by atoms with Crippen molar-refractivity contribution < 1.29 is 9.13 Å². The van der Waals surface area contributed by atoms with Gasteiger partial charge < -0.3 is 25.6 Å². The van der Waals surface area contributed by atoms with Crippen LogP contribution in [0.3, 0.4) is 0 Å². The van der Waals surface area contributed by atoms with Crippen molar-refractivity contribution in [2.24, 2.45) is 0 Å². The summed E-state index contributed by atoms with van der Waals surface area (Å²) >= 11 is 0. The summed E-state index contributed by atoms with van der Waals surface area (Å²) in [6, 6.07) is 14.7. The molecule has 3 aromatic rings. The largest absolute Gasteiger partial charge is 0.497 e. The van der Waals surface area contributed by atoms with Gasteiger partial charge in [-0.2, -0.15) is 4.98 Å². The lowest BCUT2D eigenvalue weighted by atomic mass is 9.94. The van der Waals surface area contributed by atoms with Gasteiger partial charge in [0.2, 0.25) is 5.95 Å². The Morgan fingerprint density at radius 1 is 1.03 bits per heavy atom. The number of hydrogen-bond acceptors (Lipinski definition) is 7. The van der Waals surface area contributed by atoms with Gasteiger partial charge in [-0.15, -0.1) is 0 Å². The maximum atomic E-state index is 14.3. The fourth-order valence-corrected chi connectivity index (χ4v) is 4.18. The molecule has 1 aliphatic rings. The Balaban J connectivity index is 1.62. The molecule has 0 saturated heterocycles. The van der Waals surface area contributed by atoms with E-state index in [1.807, 2.05) is 37.4 Å². The SMILES string of the molecule is CNc1cnc(Nc2ccc(OC)cc2)nc1N(CNc1ccccc1F)C1CCCCC1. The van der Waals surface area contributed by atoms with Gasteiger partial charge in [-0.3, -0.25) is 0 Å². The number of ether oxygens (including phenoxy) is 1. The predicted octanol–water partition coefficient (Wildman–Crippen LogP) is 5.62. The molecular weight excluding hydrogens is 419 g/mol. The highest BCUT2D eigenvalue weighted by molar-refractivity contribution is 5.68. The minimum absolute atomic E-state index is 0.264. The molecule has 0 aliphatic heterocycles. The second-order valence-electron chi connectivity index (χ2n) is 8.11. The van der Waals surface area contributed by atoms with Crippen molar-refractivity contribution in [2.45, 2.75) is 38.1 Å². The molecule has 0 atom stereocenters. The minimum atomic E-state index is -0.264.